The third-order valence-corrected chi connectivity index (χ3v) is 2.67. The number of nitrogens with zero attached hydrogens (tertiary/aromatic N) is 2. The molecule has 4 nitrogen and oxygen atoms in total. The summed E-state index contributed by atoms with van der Waals surface area (Å²) >= 11 is 0. The molecule has 1 rings (SSSR count). The van der Waals surface area contributed by atoms with Gasteiger partial charge in [-0.25, -0.2) is 4.39 Å². The quantitative estimate of drug-likeness (QED) is 0.704. The number of carbonyl (C=O) groups is 1. The van der Waals surface area contributed by atoms with E-state index in [9.17, 15) is 9.18 Å². The molecule has 0 spiro atoms. The fraction of sp³-hybridized carbons (Fsp3) is 0.500. The van der Waals surface area contributed by atoms with Gasteiger partial charge in [0.2, 0.25) is 5.91 Å². The van der Waals surface area contributed by atoms with Crippen LogP contribution in [0.15, 0.2) is 24.3 Å². The number of likely N-dealkylation sites (N-methyl/N-ethyl adjacent to an activating group) is 2. The van der Waals surface area contributed by atoms with Gasteiger partial charge in [0, 0.05) is 20.6 Å². The molecule has 19 heavy (non-hydrogen) atoms. The van der Waals surface area contributed by atoms with Crippen LogP contribution in [0.2, 0.25) is 0 Å². The van der Waals surface area contributed by atoms with Crippen LogP contribution in [0.5, 0.6) is 5.75 Å². The number of ether oxygens (including phenoxy) is 1. The van der Waals surface area contributed by atoms with E-state index in [-0.39, 0.29) is 11.7 Å². The van der Waals surface area contributed by atoms with Crippen molar-refractivity contribution in [2.75, 3.05) is 40.8 Å². The van der Waals surface area contributed by atoms with Crippen LogP contribution in [0.1, 0.15) is 6.42 Å². The molecule has 0 aromatic heterocycles. The van der Waals surface area contributed by atoms with E-state index in [4.69, 9.17) is 4.74 Å². The van der Waals surface area contributed by atoms with Crippen molar-refractivity contribution in [3.05, 3.63) is 30.1 Å². The van der Waals surface area contributed by atoms with E-state index in [2.05, 4.69) is 0 Å². The Bertz CT molecular complexity index is 393. The molecule has 0 aliphatic rings. The van der Waals surface area contributed by atoms with Crippen LogP contribution in [-0.4, -0.2) is 56.5 Å². The zero-order chi connectivity index (χ0) is 14.3. The summed E-state index contributed by atoms with van der Waals surface area (Å²) in [6.45, 7) is 1.73. The summed E-state index contributed by atoms with van der Waals surface area (Å²) in [6.07, 6.45) is 0.814. The minimum atomic E-state index is -0.269. The van der Waals surface area contributed by atoms with Gasteiger partial charge in [0.15, 0.2) is 0 Å². The molecule has 0 N–H and O–H groups in total. The van der Waals surface area contributed by atoms with Crippen LogP contribution < -0.4 is 4.74 Å². The maximum atomic E-state index is 12.7. The lowest BCUT2D eigenvalue weighted by Crippen LogP contribution is -2.35. The van der Waals surface area contributed by atoms with Crippen LogP contribution in [0.25, 0.3) is 0 Å². The molecule has 5 heteroatoms. The molecule has 0 heterocycles. The van der Waals surface area contributed by atoms with Gasteiger partial charge in [-0.2, -0.15) is 0 Å². The summed E-state index contributed by atoms with van der Waals surface area (Å²) in [6, 6.07) is 5.96. The minimum Gasteiger partial charge on any atom is -0.494 e. The first-order valence-corrected chi connectivity index (χ1v) is 6.26. The molecule has 0 radical (unpaired) electrons. The minimum absolute atomic E-state index is 0.0851. The normalized spacial score (nSPS) is 10.6. The molecule has 1 aromatic carbocycles. The second kappa shape index (κ2) is 7.74. The van der Waals surface area contributed by atoms with Gasteiger partial charge in [0.1, 0.15) is 11.6 Å². The Morgan fingerprint density at radius 2 is 1.84 bits per heavy atom. The first-order valence-electron chi connectivity index (χ1n) is 6.26. The van der Waals surface area contributed by atoms with Crippen molar-refractivity contribution in [1.82, 2.24) is 9.80 Å². The van der Waals surface area contributed by atoms with Crippen LogP contribution in [0.4, 0.5) is 4.39 Å². The van der Waals surface area contributed by atoms with Gasteiger partial charge < -0.3 is 9.64 Å². The topological polar surface area (TPSA) is 32.8 Å². The van der Waals surface area contributed by atoms with Crippen molar-refractivity contribution in [1.29, 1.82) is 0 Å². The number of carbonyl (C=O) groups excluding carboxylic acids is 1. The average Bonchev–Trinajstić information content (AvgIpc) is 2.36. The third-order valence-electron chi connectivity index (χ3n) is 2.67. The predicted molar refractivity (Wildman–Crippen MR) is 72.7 cm³/mol. The summed E-state index contributed by atoms with van der Waals surface area (Å²) in [5.41, 5.74) is 0. The van der Waals surface area contributed by atoms with Gasteiger partial charge in [-0.1, -0.05) is 0 Å². The molecule has 0 unspecified atom stereocenters. The Morgan fingerprint density at radius 3 is 2.42 bits per heavy atom. The molecule has 0 aliphatic heterocycles. The molecule has 0 bridgehead atoms. The maximum absolute atomic E-state index is 12.7. The Kier molecular flexibility index (Phi) is 6.29. The molecular formula is C14H21FN2O2. The second-order valence-electron chi connectivity index (χ2n) is 4.68. The van der Waals surface area contributed by atoms with E-state index in [1.165, 1.54) is 12.1 Å². The van der Waals surface area contributed by atoms with Crippen LogP contribution in [-0.2, 0) is 4.79 Å². The van der Waals surface area contributed by atoms with Crippen LogP contribution in [0, 0.1) is 5.82 Å². The smallest absolute Gasteiger partial charge is 0.236 e. The van der Waals surface area contributed by atoms with Gasteiger partial charge in [-0.15, -0.1) is 0 Å². The van der Waals surface area contributed by atoms with E-state index in [0.29, 0.717) is 18.9 Å². The molecule has 0 atom stereocenters. The van der Waals surface area contributed by atoms with Gasteiger partial charge in [-0.3, -0.25) is 9.69 Å². The van der Waals surface area contributed by atoms with E-state index < -0.39 is 0 Å². The summed E-state index contributed by atoms with van der Waals surface area (Å²) < 4.78 is 18.1. The van der Waals surface area contributed by atoms with E-state index in [0.717, 1.165) is 13.0 Å². The first-order chi connectivity index (χ1) is 8.99. The summed E-state index contributed by atoms with van der Waals surface area (Å²) in [4.78, 5) is 15.0. The third kappa shape index (κ3) is 6.20. The van der Waals surface area contributed by atoms with Gasteiger partial charge in [0.05, 0.1) is 13.2 Å². The fourth-order valence-corrected chi connectivity index (χ4v) is 1.51. The van der Waals surface area contributed by atoms with Crippen LogP contribution >= 0.6 is 0 Å². The van der Waals surface area contributed by atoms with Crippen molar-refractivity contribution in [2.45, 2.75) is 6.42 Å². The predicted octanol–water partition coefficient (Wildman–Crippen LogP) is 1.61. The first kappa shape index (κ1) is 15.4. The Hall–Kier alpha value is -1.62. The average molecular weight is 268 g/mol. The highest BCUT2D eigenvalue weighted by Gasteiger charge is 2.07. The Morgan fingerprint density at radius 1 is 1.21 bits per heavy atom. The lowest BCUT2D eigenvalue weighted by Gasteiger charge is -2.18. The van der Waals surface area contributed by atoms with Gasteiger partial charge in [0.25, 0.3) is 0 Å². The maximum Gasteiger partial charge on any atom is 0.236 e. The van der Waals surface area contributed by atoms with Gasteiger partial charge in [-0.05, 0) is 37.7 Å². The second-order valence-corrected chi connectivity index (χ2v) is 4.68. The highest BCUT2D eigenvalue weighted by molar-refractivity contribution is 5.77. The molecule has 1 aromatic rings. The Labute approximate surface area is 113 Å². The molecule has 0 fully saturated rings. The molecule has 1 amide bonds. The molecular weight excluding hydrogens is 247 g/mol. The van der Waals surface area contributed by atoms with Crippen molar-refractivity contribution >= 4 is 5.91 Å². The standard InChI is InChI=1S/C14H21FN2O2/c1-16(2)14(18)11-17(3)9-4-10-19-13-7-5-12(15)6-8-13/h5-8H,4,9-11H2,1-3H3. The van der Waals surface area contributed by atoms with E-state index in [1.54, 1.807) is 31.1 Å². The molecule has 106 valence electrons. The fourth-order valence-electron chi connectivity index (χ4n) is 1.51. The van der Waals surface area contributed by atoms with Crippen LogP contribution in [0.3, 0.4) is 0 Å². The molecule has 0 aliphatic carbocycles. The number of benzene rings is 1. The van der Waals surface area contributed by atoms with E-state index >= 15 is 0 Å². The summed E-state index contributed by atoms with van der Waals surface area (Å²) in [5.74, 6) is 0.477. The van der Waals surface area contributed by atoms with Gasteiger partial charge >= 0.3 is 0 Å². The molecule has 0 saturated heterocycles. The number of hydrogen-bond acceptors (Lipinski definition) is 3. The highest BCUT2D eigenvalue weighted by Crippen LogP contribution is 2.11. The lowest BCUT2D eigenvalue weighted by molar-refractivity contribution is -0.129. The number of rotatable bonds is 7. The van der Waals surface area contributed by atoms with Crippen molar-refractivity contribution in [3.8, 4) is 5.75 Å². The molecule has 0 saturated carbocycles. The largest absolute Gasteiger partial charge is 0.494 e. The number of hydrogen-bond donors (Lipinski definition) is 0. The van der Waals surface area contributed by atoms with Crippen molar-refractivity contribution in [3.63, 3.8) is 0 Å². The number of amides is 1. The van der Waals surface area contributed by atoms with E-state index in [1.807, 2.05) is 11.9 Å². The monoisotopic (exact) mass is 268 g/mol. The SMILES string of the molecule is CN(CCCOc1ccc(F)cc1)CC(=O)N(C)C. The summed E-state index contributed by atoms with van der Waals surface area (Å²) in [5, 5.41) is 0. The number of halogens is 1. The zero-order valence-corrected chi connectivity index (χ0v) is 11.7. The van der Waals surface area contributed by atoms with Crippen molar-refractivity contribution < 1.29 is 13.9 Å². The zero-order valence-electron chi connectivity index (χ0n) is 11.7. The van der Waals surface area contributed by atoms with Crippen molar-refractivity contribution in [2.24, 2.45) is 0 Å². The lowest BCUT2D eigenvalue weighted by atomic mass is 10.3. The summed E-state index contributed by atoms with van der Waals surface area (Å²) in [7, 11) is 5.39. The Balaban J connectivity index is 2.16. The highest BCUT2D eigenvalue weighted by atomic mass is 19.1.